The highest BCUT2D eigenvalue weighted by Crippen LogP contribution is 2.35. The van der Waals surface area contributed by atoms with E-state index in [1.807, 2.05) is 48.1 Å². The van der Waals surface area contributed by atoms with Crippen LogP contribution in [0, 0.1) is 11.3 Å². The Morgan fingerprint density at radius 2 is 2.10 bits per heavy atom. The minimum absolute atomic E-state index is 0.632. The number of benzene rings is 2. The summed E-state index contributed by atoms with van der Waals surface area (Å²) in [6.07, 6.45) is 3.68. The maximum absolute atomic E-state index is 9.05. The average molecular weight is 273 g/mol. The lowest BCUT2D eigenvalue weighted by atomic mass is 10.1. The van der Waals surface area contributed by atoms with Gasteiger partial charge in [0.05, 0.1) is 17.2 Å². The molecule has 2 heterocycles. The van der Waals surface area contributed by atoms with Crippen molar-refractivity contribution in [2.24, 2.45) is 7.05 Å². The Labute approximate surface area is 120 Å². The Morgan fingerprint density at radius 1 is 1.19 bits per heavy atom. The van der Waals surface area contributed by atoms with Crippen molar-refractivity contribution in [3.05, 3.63) is 54.4 Å². The molecule has 0 aliphatic carbocycles. The van der Waals surface area contributed by atoms with Crippen LogP contribution in [0.2, 0.25) is 0 Å². The van der Waals surface area contributed by atoms with Gasteiger partial charge in [0.2, 0.25) is 0 Å². The molecular weight excluding hydrogens is 262 g/mol. The van der Waals surface area contributed by atoms with Crippen molar-refractivity contribution in [2.75, 3.05) is 0 Å². The van der Waals surface area contributed by atoms with Crippen LogP contribution < -0.4 is 0 Å². The van der Waals surface area contributed by atoms with E-state index < -0.39 is 0 Å². The number of aromatic nitrogens is 2. The van der Waals surface area contributed by atoms with Gasteiger partial charge < -0.3 is 8.98 Å². The highest BCUT2D eigenvalue weighted by molar-refractivity contribution is 6.09. The van der Waals surface area contributed by atoms with Crippen LogP contribution in [0.5, 0.6) is 0 Å². The van der Waals surface area contributed by atoms with E-state index in [9.17, 15) is 0 Å². The van der Waals surface area contributed by atoms with Crippen LogP contribution in [0.1, 0.15) is 5.56 Å². The number of hydrogen-bond acceptors (Lipinski definition) is 3. The Bertz CT molecular complexity index is 1020. The molecule has 0 fully saturated rings. The molecule has 0 N–H and O–H groups in total. The molecule has 21 heavy (non-hydrogen) atoms. The highest BCUT2D eigenvalue weighted by atomic mass is 16.3. The van der Waals surface area contributed by atoms with Crippen molar-refractivity contribution in [2.45, 2.75) is 0 Å². The van der Waals surface area contributed by atoms with Gasteiger partial charge in [-0.1, -0.05) is 12.1 Å². The zero-order valence-electron chi connectivity index (χ0n) is 11.4. The quantitative estimate of drug-likeness (QED) is 0.529. The van der Waals surface area contributed by atoms with Crippen molar-refractivity contribution in [1.82, 2.24) is 9.55 Å². The summed E-state index contributed by atoms with van der Waals surface area (Å²) in [6.45, 7) is 0. The van der Waals surface area contributed by atoms with E-state index in [2.05, 4.69) is 11.1 Å². The number of imidazole rings is 1. The molecule has 0 aliphatic heterocycles. The summed E-state index contributed by atoms with van der Waals surface area (Å²) in [5.41, 5.74) is 3.17. The molecule has 0 amide bonds. The zero-order valence-corrected chi connectivity index (χ0v) is 11.4. The van der Waals surface area contributed by atoms with Crippen molar-refractivity contribution in [3.63, 3.8) is 0 Å². The first-order chi connectivity index (χ1) is 10.3. The molecule has 4 heteroatoms. The summed E-state index contributed by atoms with van der Waals surface area (Å²) < 4.78 is 7.96. The SMILES string of the molecule is Cn1ccnc1-c1cccc2c1oc1ccc(C#N)cc12. The van der Waals surface area contributed by atoms with Gasteiger partial charge in [0.25, 0.3) is 0 Å². The first-order valence-corrected chi connectivity index (χ1v) is 6.61. The minimum atomic E-state index is 0.632. The Kier molecular flexibility index (Phi) is 2.36. The largest absolute Gasteiger partial charge is 0.455 e. The topological polar surface area (TPSA) is 54.8 Å². The molecule has 0 saturated heterocycles. The van der Waals surface area contributed by atoms with E-state index >= 15 is 0 Å². The van der Waals surface area contributed by atoms with Crippen LogP contribution in [0.15, 0.2) is 53.2 Å². The maximum Gasteiger partial charge on any atom is 0.146 e. The summed E-state index contributed by atoms with van der Waals surface area (Å²) in [5.74, 6) is 0.861. The molecule has 0 spiro atoms. The van der Waals surface area contributed by atoms with Crippen LogP contribution in [0.3, 0.4) is 0 Å². The molecule has 2 aromatic carbocycles. The fourth-order valence-electron chi connectivity index (χ4n) is 2.67. The van der Waals surface area contributed by atoms with E-state index in [1.54, 1.807) is 12.3 Å². The fraction of sp³-hybridized carbons (Fsp3) is 0.0588. The number of fused-ring (bicyclic) bond motifs is 3. The summed E-state index contributed by atoms with van der Waals surface area (Å²) in [6, 6.07) is 13.6. The Morgan fingerprint density at radius 3 is 2.86 bits per heavy atom. The van der Waals surface area contributed by atoms with Crippen molar-refractivity contribution < 1.29 is 4.42 Å². The van der Waals surface area contributed by atoms with E-state index in [1.165, 1.54) is 0 Å². The maximum atomic E-state index is 9.05. The second-order valence-electron chi connectivity index (χ2n) is 4.97. The minimum Gasteiger partial charge on any atom is -0.455 e. The number of nitrogens with zero attached hydrogens (tertiary/aromatic N) is 3. The van der Waals surface area contributed by atoms with Crippen LogP contribution in [-0.2, 0) is 7.05 Å². The molecule has 0 aliphatic rings. The predicted octanol–water partition coefficient (Wildman–Crippen LogP) is 3.86. The molecule has 0 bridgehead atoms. The van der Waals surface area contributed by atoms with E-state index in [0.717, 1.165) is 33.3 Å². The molecular formula is C17H11N3O. The lowest BCUT2D eigenvalue weighted by molar-refractivity contribution is 0.669. The third-order valence-electron chi connectivity index (χ3n) is 3.69. The summed E-state index contributed by atoms with van der Waals surface area (Å²) in [4.78, 5) is 4.39. The van der Waals surface area contributed by atoms with Gasteiger partial charge in [-0.2, -0.15) is 5.26 Å². The molecule has 0 unspecified atom stereocenters. The van der Waals surface area contributed by atoms with Gasteiger partial charge >= 0.3 is 0 Å². The van der Waals surface area contributed by atoms with Gasteiger partial charge in [0, 0.05) is 30.2 Å². The van der Waals surface area contributed by atoms with Gasteiger partial charge in [-0.3, -0.25) is 0 Å². The van der Waals surface area contributed by atoms with Gasteiger partial charge in [0.1, 0.15) is 17.0 Å². The number of rotatable bonds is 1. The smallest absolute Gasteiger partial charge is 0.146 e. The van der Waals surface area contributed by atoms with Crippen LogP contribution in [0.25, 0.3) is 33.3 Å². The number of hydrogen-bond donors (Lipinski definition) is 0. The van der Waals surface area contributed by atoms with Crippen molar-refractivity contribution >= 4 is 21.9 Å². The zero-order chi connectivity index (χ0) is 14.4. The monoisotopic (exact) mass is 273 g/mol. The number of aryl methyl sites for hydroxylation is 1. The van der Waals surface area contributed by atoms with Crippen LogP contribution in [-0.4, -0.2) is 9.55 Å². The van der Waals surface area contributed by atoms with Gasteiger partial charge in [-0.05, 0) is 24.3 Å². The van der Waals surface area contributed by atoms with Crippen molar-refractivity contribution in [3.8, 4) is 17.5 Å². The number of nitriles is 1. The van der Waals surface area contributed by atoms with E-state index in [0.29, 0.717) is 5.56 Å². The van der Waals surface area contributed by atoms with E-state index in [4.69, 9.17) is 9.68 Å². The lowest BCUT2D eigenvalue weighted by Gasteiger charge is -2.02. The molecule has 2 aromatic heterocycles. The highest BCUT2D eigenvalue weighted by Gasteiger charge is 2.14. The van der Waals surface area contributed by atoms with Crippen molar-refractivity contribution in [1.29, 1.82) is 5.26 Å². The third-order valence-corrected chi connectivity index (χ3v) is 3.69. The standard InChI is InChI=1S/C17H11N3O/c1-20-8-7-19-17(20)13-4-2-3-12-14-9-11(10-18)5-6-15(14)21-16(12)13/h2-9H,1H3. The molecule has 0 saturated carbocycles. The first kappa shape index (κ1) is 11.7. The summed E-state index contributed by atoms with van der Waals surface area (Å²) >= 11 is 0. The normalized spacial score (nSPS) is 11.0. The molecule has 0 atom stereocenters. The van der Waals surface area contributed by atoms with Crippen LogP contribution >= 0.6 is 0 Å². The molecule has 4 rings (SSSR count). The summed E-state index contributed by atoms with van der Waals surface area (Å²) in [7, 11) is 1.96. The van der Waals surface area contributed by atoms with E-state index in [-0.39, 0.29) is 0 Å². The molecule has 100 valence electrons. The number of para-hydroxylation sites is 1. The lowest BCUT2D eigenvalue weighted by Crippen LogP contribution is -1.91. The van der Waals surface area contributed by atoms with Gasteiger partial charge in [-0.25, -0.2) is 4.98 Å². The van der Waals surface area contributed by atoms with Gasteiger partial charge in [0.15, 0.2) is 0 Å². The molecule has 4 nitrogen and oxygen atoms in total. The Balaban J connectivity index is 2.12. The second-order valence-corrected chi connectivity index (χ2v) is 4.97. The molecule has 0 radical (unpaired) electrons. The third kappa shape index (κ3) is 1.65. The average Bonchev–Trinajstić information content (AvgIpc) is 3.09. The fourth-order valence-corrected chi connectivity index (χ4v) is 2.67. The Hall–Kier alpha value is -3.06. The summed E-state index contributed by atoms with van der Waals surface area (Å²) in [5, 5.41) is 11.0. The predicted molar refractivity (Wildman–Crippen MR) is 80.6 cm³/mol. The van der Waals surface area contributed by atoms with Gasteiger partial charge in [-0.15, -0.1) is 0 Å². The molecule has 4 aromatic rings. The first-order valence-electron chi connectivity index (χ1n) is 6.61. The number of furan rings is 1. The second kappa shape index (κ2) is 4.22. The van der Waals surface area contributed by atoms with Crippen LogP contribution in [0.4, 0.5) is 0 Å².